The second kappa shape index (κ2) is 10.7. The number of rotatable bonds is 9. The van der Waals surface area contributed by atoms with E-state index in [0.717, 1.165) is 49.1 Å². The van der Waals surface area contributed by atoms with Crippen LogP contribution in [-0.2, 0) is 11.3 Å². The Hall–Kier alpha value is -2.02. The molecule has 1 aliphatic rings. The quantitative estimate of drug-likeness (QED) is 0.636. The molecule has 0 saturated carbocycles. The van der Waals surface area contributed by atoms with Gasteiger partial charge in [-0.3, -0.25) is 9.59 Å². The maximum Gasteiger partial charge on any atom is 0.293 e. The van der Waals surface area contributed by atoms with Crippen molar-refractivity contribution in [2.24, 2.45) is 5.92 Å². The molecule has 3 rings (SSSR count). The third kappa shape index (κ3) is 5.32. The number of amides is 1. The standard InChI is InChI=1S/C22H32N4O2S/c1-3-14-29-15-8-12-23-21(27)17-9-7-13-25(16-17)20-22(28)26(4-2)19-11-6-5-10-18(19)24-20/h5-6,10-11,17H,3-4,7-9,12-16H2,1-2H3,(H,23,27)/t17-/m1/s1. The van der Waals surface area contributed by atoms with Crippen molar-refractivity contribution < 1.29 is 4.79 Å². The van der Waals surface area contributed by atoms with Gasteiger partial charge in [0.15, 0.2) is 5.82 Å². The molecule has 1 atom stereocenters. The highest BCUT2D eigenvalue weighted by Crippen LogP contribution is 2.22. The molecule has 1 aromatic heterocycles. The second-order valence-electron chi connectivity index (χ2n) is 7.52. The van der Waals surface area contributed by atoms with Crippen LogP contribution in [0.1, 0.15) is 39.5 Å². The maximum absolute atomic E-state index is 13.0. The first kappa shape index (κ1) is 21.7. The number of thioether (sulfide) groups is 1. The molecule has 1 N–H and O–H groups in total. The number of hydrogen-bond acceptors (Lipinski definition) is 5. The fraction of sp³-hybridized carbons (Fsp3) is 0.591. The van der Waals surface area contributed by atoms with Gasteiger partial charge in [0.05, 0.1) is 17.0 Å². The molecule has 6 nitrogen and oxygen atoms in total. The SMILES string of the molecule is CCCSCCCNC(=O)[C@@H]1CCCN(c2nc3ccccc3n(CC)c2=O)C1. The number of aromatic nitrogens is 2. The van der Waals surface area contributed by atoms with Crippen molar-refractivity contribution in [3.05, 3.63) is 34.6 Å². The second-order valence-corrected chi connectivity index (χ2v) is 8.74. The molecule has 1 saturated heterocycles. The van der Waals surface area contributed by atoms with Crippen LogP contribution in [0.3, 0.4) is 0 Å². The molecule has 1 amide bonds. The fourth-order valence-electron chi connectivity index (χ4n) is 3.86. The van der Waals surface area contributed by atoms with E-state index in [4.69, 9.17) is 0 Å². The van der Waals surface area contributed by atoms with Crippen LogP contribution in [0.25, 0.3) is 11.0 Å². The molecule has 1 aliphatic heterocycles. The van der Waals surface area contributed by atoms with E-state index in [9.17, 15) is 9.59 Å². The van der Waals surface area contributed by atoms with Gasteiger partial charge in [-0.15, -0.1) is 0 Å². The fourth-order valence-corrected chi connectivity index (χ4v) is 4.70. The van der Waals surface area contributed by atoms with Crippen molar-refractivity contribution in [3.63, 3.8) is 0 Å². The Labute approximate surface area is 177 Å². The molecule has 158 valence electrons. The molecule has 0 bridgehead atoms. The van der Waals surface area contributed by atoms with Gasteiger partial charge in [-0.05, 0) is 56.2 Å². The minimum Gasteiger partial charge on any atom is -0.356 e. The van der Waals surface area contributed by atoms with Crippen LogP contribution in [0.5, 0.6) is 0 Å². The molecule has 0 radical (unpaired) electrons. The number of carbonyl (C=O) groups is 1. The Balaban J connectivity index is 1.67. The third-order valence-corrected chi connectivity index (χ3v) is 6.63. The number of nitrogens with zero attached hydrogens (tertiary/aromatic N) is 3. The van der Waals surface area contributed by atoms with Crippen molar-refractivity contribution in [2.75, 3.05) is 36.0 Å². The summed E-state index contributed by atoms with van der Waals surface area (Å²) in [7, 11) is 0. The number of nitrogens with one attached hydrogen (secondary N) is 1. The summed E-state index contributed by atoms with van der Waals surface area (Å²) in [5.74, 6) is 2.75. The van der Waals surface area contributed by atoms with E-state index in [-0.39, 0.29) is 17.4 Å². The van der Waals surface area contributed by atoms with E-state index < -0.39 is 0 Å². The molecule has 2 aromatic rings. The molecule has 0 aliphatic carbocycles. The van der Waals surface area contributed by atoms with Gasteiger partial charge in [0, 0.05) is 26.2 Å². The lowest BCUT2D eigenvalue weighted by atomic mass is 9.97. The Bertz CT molecular complexity index is 883. The van der Waals surface area contributed by atoms with Crippen molar-refractivity contribution in [3.8, 4) is 0 Å². The number of para-hydroxylation sites is 2. The molecular formula is C22H32N4O2S. The highest BCUT2D eigenvalue weighted by atomic mass is 32.2. The monoisotopic (exact) mass is 416 g/mol. The van der Waals surface area contributed by atoms with Crippen molar-refractivity contribution in [2.45, 2.75) is 46.1 Å². The zero-order valence-electron chi connectivity index (χ0n) is 17.5. The van der Waals surface area contributed by atoms with Gasteiger partial charge in [-0.2, -0.15) is 11.8 Å². The lowest BCUT2D eigenvalue weighted by Gasteiger charge is -2.32. The summed E-state index contributed by atoms with van der Waals surface area (Å²) in [5, 5.41) is 3.09. The van der Waals surface area contributed by atoms with E-state index in [1.165, 1.54) is 12.2 Å². The van der Waals surface area contributed by atoms with E-state index in [1.807, 2.05) is 47.9 Å². The van der Waals surface area contributed by atoms with E-state index >= 15 is 0 Å². The first-order valence-corrected chi connectivity index (χ1v) is 11.9. The average Bonchev–Trinajstić information content (AvgIpc) is 2.75. The van der Waals surface area contributed by atoms with Gasteiger partial charge in [-0.1, -0.05) is 19.1 Å². The maximum atomic E-state index is 13.0. The van der Waals surface area contributed by atoms with Gasteiger partial charge in [0.2, 0.25) is 5.91 Å². The molecule has 1 fully saturated rings. The van der Waals surface area contributed by atoms with Gasteiger partial charge < -0.3 is 14.8 Å². The molecule has 0 unspecified atom stereocenters. The zero-order chi connectivity index (χ0) is 20.6. The van der Waals surface area contributed by atoms with Crippen molar-refractivity contribution in [1.29, 1.82) is 0 Å². The van der Waals surface area contributed by atoms with E-state index in [1.54, 1.807) is 4.57 Å². The van der Waals surface area contributed by atoms with Gasteiger partial charge in [0.1, 0.15) is 0 Å². The summed E-state index contributed by atoms with van der Waals surface area (Å²) in [6, 6.07) is 7.74. The predicted octanol–water partition coefficient (Wildman–Crippen LogP) is 3.28. The summed E-state index contributed by atoms with van der Waals surface area (Å²) in [6.45, 7) is 6.81. The Morgan fingerprint density at radius 3 is 2.90 bits per heavy atom. The molecule has 2 heterocycles. The summed E-state index contributed by atoms with van der Waals surface area (Å²) in [6.07, 6.45) is 3.95. The molecule has 1 aromatic carbocycles. The number of benzene rings is 1. The van der Waals surface area contributed by atoms with E-state index in [2.05, 4.69) is 17.2 Å². The molecule has 0 spiro atoms. The van der Waals surface area contributed by atoms with Gasteiger partial charge >= 0.3 is 0 Å². The van der Waals surface area contributed by atoms with Crippen LogP contribution in [0.15, 0.2) is 29.1 Å². The lowest BCUT2D eigenvalue weighted by molar-refractivity contribution is -0.125. The van der Waals surface area contributed by atoms with Crippen LogP contribution in [0.2, 0.25) is 0 Å². The summed E-state index contributed by atoms with van der Waals surface area (Å²) in [4.78, 5) is 32.3. The molecular weight excluding hydrogens is 384 g/mol. The van der Waals surface area contributed by atoms with E-state index in [0.29, 0.717) is 18.9 Å². The number of piperidine rings is 1. The summed E-state index contributed by atoms with van der Waals surface area (Å²) in [5.41, 5.74) is 1.61. The first-order valence-electron chi connectivity index (χ1n) is 10.8. The Morgan fingerprint density at radius 2 is 2.10 bits per heavy atom. The highest BCUT2D eigenvalue weighted by molar-refractivity contribution is 7.99. The summed E-state index contributed by atoms with van der Waals surface area (Å²) < 4.78 is 1.77. The average molecular weight is 417 g/mol. The number of fused-ring (bicyclic) bond motifs is 1. The third-order valence-electron chi connectivity index (χ3n) is 5.36. The van der Waals surface area contributed by atoms with Crippen molar-refractivity contribution in [1.82, 2.24) is 14.9 Å². The zero-order valence-corrected chi connectivity index (χ0v) is 18.3. The molecule has 29 heavy (non-hydrogen) atoms. The highest BCUT2D eigenvalue weighted by Gasteiger charge is 2.28. The Morgan fingerprint density at radius 1 is 1.28 bits per heavy atom. The predicted molar refractivity (Wildman–Crippen MR) is 122 cm³/mol. The van der Waals surface area contributed by atoms with Crippen molar-refractivity contribution >= 4 is 34.5 Å². The smallest absolute Gasteiger partial charge is 0.293 e. The minimum absolute atomic E-state index is 0.0693. The number of anilines is 1. The first-order chi connectivity index (χ1) is 14.2. The minimum atomic E-state index is -0.0882. The van der Waals surface area contributed by atoms with Crippen LogP contribution >= 0.6 is 11.8 Å². The number of hydrogen-bond donors (Lipinski definition) is 1. The lowest BCUT2D eigenvalue weighted by Crippen LogP contribution is -2.45. The van der Waals surface area contributed by atoms with Gasteiger partial charge in [0.25, 0.3) is 5.56 Å². The van der Waals surface area contributed by atoms with Crippen LogP contribution in [-0.4, -0.2) is 46.6 Å². The Kier molecular flexibility index (Phi) is 7.98. The number of aryl methyl sites for hydroxylation is 1. The van der Waals surface area contributed by atoms with Crippen LogP contribution in [0, 0.1) is 5.92 Å². The molecule has 7 heteroatoms. The van der Waals surface area contributed by atoms with Crippen LogP contribution < -0.4 is 15.8 Å². The number of carbonyl (C=O) groups excluding carboxylic acids is 1. The van der Waals surface area contributed by atoms with Gasteiger partial charge in [-0.25, -0.2) is 4.98 Å². The van der Waals surface area contributed by atoms with Crippen LogP contribution in [0.4, 0.5) is 5.82 Å². The normalized spacial score (nSPS) is 16.9. The largest absolute Gasteiger partial charge is 0.356 e. The topological polar surface area (TPSA) is 67.2 Å². The summed E-state index contributed by atoms with van der Waals surface area (Å²) >= 11 is 1.94.